The Bertz CT molecular complexity index is 700. The highest BCUT2D eigenvalue weighted by Crippen LogP contribution is 2.22. The molecular weight excluding hydrogens is 342 g/mol. The topological polar surface area (TPSA) is 36.4 Å². The fourth-order valence-corrected chi connectivity index (χ4v) is 4.58. The molecule has 1 amide bonds. The van der Waals surface area contributed by atoms with Gasteiger partial charge in [0.2, 0.25) is 5.91 Å². The Morgan fingerprint density at radius 3 is 2.88 bits per heavy atom. The van der Waals surface area contributed by atoms with E-state index in [-0.39, 0.29) is 5.91 Å². The lowest BCUT2D eigenvalue weighted by atomic mass is 9.93. The molecule has 1 fully saturated rings. The van der Waals surface area contributed by atoms with Gasteiger partial charge in [-0.05, 0) is 70.0 Å². The summed E-state index contributed by atoms with van der Waals surface area (Å²) in [7, 11) is 2.18. The molecule has 140 valence electrons. The fourth-order valence-electron chi connectivity index (χ4n) is 3.67. The molecule has 3 rings (SSSR count). The third kappa shape index (κ3) is 5.64. The minimum Gasteiger partial charge on any atom is -0.332 e. The molecule has 0 aliphatic carbocycles. The van der Waals surface area contributed by atoms with Gasteiger partial charge in [0.15, 0.2) is 0 Å². The summed E-state index contributed by atoms with van der Waals surface area (Å²) in [5.74, 6) is 0.897. The van der Waals surface area contributed by atoms with E-state index in [1.165, 1.54) is 29.1 Å². The number of thiophene rings is 1. The summed E-state index contributed by atoms with van der Waals surface area (Å²) in [6, 6.07) is 10.2. The van der Waals surface area contributed by atoms with E-state index in [1.807, 2.05) is 23.1 Å². The van der Waals surface area contributed by atoms with E-state index in [0.717, 1.165) is 18.7 Å². The van der Waals surface area contributed by atoms with Gasteiger partial charge in [-0.15, -0.1) is 11.3 Å². The Morgan fingerprint density at radius 1 is 1.31 bits per heavy atom. The van der Waals surface area contributed by atoms with Crippen LogP contribution in [-0.4, -0.2) is 40.8 Å². The zero-order valence-corrected chi connectivity index (χ0v) is 16.7. The highest BCUT2D eigenvalue weighted by Gasteiger charge is 2.21. The lowest BCUT2D eigenvalue weighted by molar-refractivity contribution is -0.132. The van der Waals surface area contributed by atoms with E-state index in [2.05, 4.69) is 36.0 Å². The van der Waals surface area contributed by atoms with Crippen molar-refractivity contribution in [3.8, 4) is 0 Å². The minimum absolute atomic E-state index is 0.245. The van der Waals surface area contributed by atoms with Crippen molar-refractivity contribution >= 4 is 17.2 Å². The van der Waals surface area contributed by atoms with Gasteiger partial charge in [-0.2, -0.15) is 0 Å². The third-order valence-corrected chi connectivity index (χ3v) is 6.05. The molecule has 2 aromatic rings. The first-order chi connectivity index (χ1) is 12.6. The predicted octanol–water partition coefficient (Wildman–Crippen LogP) is 4.10. The van der Waals surface area contributed by atoms with Crippen molar-refractivity contribution in [3.05, 3.63) is 52.0 Å². The maximum absolute atomic E-state index is 13.0. The first-order valence-corrected chi connectivity index (χ1v) is 10.3. The molecule has 0 aromatic carbocycles. The molecule has 0 spiro atoms. The van der Waals surface area contributed by atoms with Gasteiger partial charge in [-0.3, -0.25) is 9.78 Å². The Labute approximate surface area is 160 Å². The van der Waals surface area contributed by atoms with Gasteiger partial charge in [0.1, 0.15) is 0 Å². The van der Waals surface area contributed by atoms with Crippen LogP contribution in [0.5, 0.6) is 0 Å². The van der Waals surface area contributed by atoms with Crippen LogP contribution >= 0.6 is 11.3 Å². The monoisotopic (exact) mass is 371 g/mol. The summed E-state index contributed by atoms with van der Waals surface area (Å²) < 4.78 is 0. The Hall–Kier alpha value is -1.72. The molecule has 4 nitrogen and oxygen atoms in total. The second kappa shape index (κ2) is 9.28. The molecule has 1 atom stereocenters. The Kier molecular flexibility index (Phi) is 6.80. The normalized spacial score (nSPS) is 18.0. The van der Waals surface area contributed by atoms with Gasteiger partial charge in [0, 0.05) is 28.9 Å². The molecule has 0 bridgehead atoms. The molecule has 1 unspecified atom stereocenters. The van der Waals surface area contributed by atoms with Gasteiger partial charge in [0.25, 0.3) is 0 Å². The summed E-state index contributed by atoms with van der Waals surface area (Å²) in [5, 5.41) is 0. The Morgan fingerprint density at radius 2 is 2.19 bits per heavy atom. The first-order valence-electron chi connectivity index (χ1n) is 9.51. The molecule has 5 heteroatoms. The summed E-state index contributed by atoms with van der Waals surface area (Å²) in [4.78, 5) is 24.3. The number of amides is 1. The molecule has 1 saturated heterocycles. The highest BCUT2D eigenvalue weighted by molar-refractivity contribution is 7.11. The second-order valence-electron chi connectivity index (χ2n) is 7.39. The van der Waals surface area contributed by atoms with Crippen LogP contribution < -0.4 is 0 Å². The zero-order valence-electron chi connectivity index (χ0n) is 15.9. The quantitative estimate of drug-likeness (QED) is 0.735. The van der Waals surface area contributed by atoms with E-state index >= 15 is 0 Å². The van der Waals surface area contributed by atoms with Crippen LogP contribution in [-0.2, 0) is 17.9 Å². The molecule has 2 aromatic heterocycles. The fraction of sp³-hybridized carbons (Fsp3) is 0.524. The lowest BCUT2D eigenvalue weighted by Gasteiger charge is -2.30. The molecule has 1 aliphatic heterocycles. The number of nitrogens with zero attached hydrogens (tertiary/aromatic N) is 3. The van der Waals surface area contributed by atoms with E-state index < -0.39 is 0 Å². The van der Waals surface area contributed by atoms with Crippen molar-refractivity contribution in [2.24, 2.45) is 5.92 Å². The molecular formula is C21H29N3OS. The van der Waals surface area contributed by atoms with Crippen molar-refractivity contribution in [3.63, 3.8) is 0 Å². The maximum atomic E-state index is 13.0. The molecule has 1 aliphatic rings. The molecule has 0 N–H and O–H groups in total. The average molecular weight is 372 g/mol. The summed E-state index contributed by atoms with van der Waals surface area (Å²) >= 11 is 1.77. The van der Waals surface area contributed by atoms with Crippen molar-refractivity contribution in [1.29, 1.82) is 0 Å². The van der Waals surface area contributed by atoms with Crippen molar-refractivity contribution in [1.82, 2.24) is 14.8 Å². The van der Waals surface area contributed by atoms with Gasteiger partial charge < -0.3 is 9.80 Å². The SMILES string of the molecule is Cc1ccc(CN(Cc2ccccn2)C(=O)CCC2CCCN(C)C2)s1. The number of piperidine rings is 1. The summed E-state index contributed by atoms with van der Waals surface area (Å²) in [6.45, 7) is 5.68. The minimum atomic E-state index is 0.245. The molecule has 0 radical (unpaired) electrons. The highest BCUT2D eigenvalue weighted by atomic mass is 32.1. The standard InChI is InChI=1S/C21H29N3OS/c1-17-8-10-20(26-17)16-24(15-19-7-3-4-12-22-19)21(25)11-9-18-6-5-13-23(2)14-18/h3-4,7-8,10,12,18H,5-6,9,11,13-16H2,1-2H3. The smallest absolute Gasteiger partial charge is 0.223 e. The zero-order chi connectivity index (χ0) is 18.4. The number of carbonyl (C=O) groups excluding carboxylic acids is 1. The van der Waals surface area contributed by atoms with Crippen LogP contribution in [0.2, 0.25) is 0 Å². The number of aromatic nitrogens is 1. The molecule has 0 saturated carbocycles. The van der Waals surface area contributed by atoms with Crippen LogP contribution in [0, 0.1) is 12.8 Å². The van der Waals surface area contributed by atoms with Gasteiger partial charge in [-0.25, -0.2) is 0 Å². The second-order valence-corrected chi connectivity index (χ2v) is 8.76. The van der Waals surface area contributed by atoms with E-state index in [0.29, 0.717) is 25.4 Å². The van der Waals surface area contributed by atoms with Gasteiger partial charge in [-0.1, -0.05) is 6.07 Å². The third-order valence-electron chi connectivity index (χ3n) is 5.06. The molecule has 3 heterocycles. The first kappa shape index (κ1) is 19.1. The van der Waals surface area contributed by atoms with Crippen LogP contribution in [0.15, 0.2) is 36.5 Å². The van der Waals surface area contributed by atoms with Gasteiger partial charge >= 0.3 is 0 Å². The van der Waals surface area contributed by atoms with Crippen LogP contribution in [0.1, 0.15) is 41.1 Å². The number of hydrogen-bond donors (Lipinski definition) is 0. The number of pyridine rings is 1. The number of likely N-dealkylation sites (tertiary alicyclic amines) is 1. The number of rotatable bonds is 7. The summed E-state index contributed by atoms with van der Waals surface area (Å²) in [5.41, 5.74) is 0.950. The molecule has 26 heavy (non-hydrogen) atoms. The van der Waals surface area contributed by atoms with Crippen LogP contribution in [0.4, 0.5) is 0 Å². The maximum Gasteiger partial charge on any atom is 0.223 e. The Balaban J connectivity index is 1.62. The van der Waals surface area contributed by atoms with Gasteiger partial charge in [0.05, 0.1) is 18.8 Å². The largest absolute Gasteiger partial charge is 0.332 e. The lowest BCUT2D eigenvalue weighted by Crippen LogP contribution is -2.34. The summed E-state index contributed by atoms with van der Waals surface area (Å²) in [6.07, 6.45) is 5.93. The number of hydrogen-bond acceptors (Lipinski definition) is 4. The van der Waals surface area contributed by atoms with E-state index in [4.69, 9.17) is 0 Å². The number of carbonyl (C=O) groups is 1. The van der Waals surface area contributed by atoms with E-state index in [9.17, 15) is 4.79 Å². The van der Waals surface area contributed by atoms with Crippen molar-refractivity contribution < 1.29 is 4.79 Å². The van der Waals surface area contributed by atoms with Crippen molar-refractivity contribution in [2.75, 3.05) is 20.1 Å². The average Bonchev–Trinajstić information content (AvgIpc) is 3.05. The predicted molar refractivity (Wildman–Crippen MR) is 107 cm³/mol. The van der Waals surface area contributed by atoms with E-state index in [1.54, 1.807) is 17.5 Å². The van der Waals surface area contributed by atoms with Crippen molar-refractivity contribution in [2.45, 2.75) is 45.7 Å². The van der Waals surface area contributed by atoms with Crippen LogP contribution in [0.3, 0.4) is 0 Å². The number of aryl methyl sites for hydroxylation is 1. The van der Waals surface area contributed by atoms with Crippen LogP contribution in [0.25, 0.3) is 0 Å².